The Morgan fingerprint density at radius 3 is 2.67 bits per heavy atom. The monoisotopic (exact) mass is 272 g/mol. The first-order valence-corrected chi connectivity index (χ1v) is 6.99. The Morgan fingerprint density at radius 1 is 1.00 bits per heavy atom. The van der Waals surface area contributed by atoms with Gasteiger partial charge >= 0.3 is 0 Å². The molecule has 0 atom stereocenters. The van der Waals surface area contributed by atoms with Gasteiger partial charge in [-0.25, -0.2) is 0 Å². The molecule has 0 amide bonds. The Hall–Kier alpha value is -2.79. The van der Waals surface area contributed by atoms with Crippen LogP contribution in [0.4, 0.5) is 5.69 Å². The fourth-order valence-electron chi connectivity index (χ4n) is 2.54. The van der Waals surface area contributed by atoms with Gasteiger partial charge in [0.1, 0.15) is 6.07 Å². The summed E-state index contributed by atoms with van der Waals surface area (Å²) in [4.78, 5) is 0. The van der Waals surface area contributed by atoms with E-state index in [2.05, 4.69) is 47.8 Å². The molecule has 0 bridgehead atoms. The Morgan fingerprint density at radius 2 is 1.81 bits per heavy atom. The topological polar surface area (TPSA) is 35.8 Å². The highest BCUT2D eigenvalue weighted by atomic mass is 14.9. The summed E-state index contributed by atoms with van der Waals surface area (Å²) in [6, 6.07) is 22.7. The van der Waals surface area contributed by atoms with Crippen molar-refractivity contribution in [3.05, 3.63) is 77.4 Å². The van der Waals surface area contributed by atoms with Crippen molar-refractivity contribution in [3.8, 4) is 6.07 Å². The number of fused-ring (bicyclic) bond motifs is 1. The fourth-order valence-corrected chi connectivity index (χ4v) is 2.54. The number of nitrogens with one attached hydrogen (secondary N) is 1. The maximum atomic E-state index is 9.19. The molecular formula is C19H16N2. The summed E-state index contributed by atoms with van der Waals surface area (Å²) in [6.07, 6.45) is 0. The van der Waals surface area contributed by atoms with Crippen molar-refractivity contribution in [1.82, 2.24) is 0 Å². The third-order valence-corrected chi connectivity index (χ3v) is 3.64. The van der Waals surface area contributed by atoms with Crippen LogP contribution in [-0.2, 0) is 6.54 Å². The predicted molar refractivity (Wildman–Crippen MR) is 87.2 cm³/mol. The quantitative estimate of drug-likeness (QED) is 0.754. The molecule has 0 aliphatic carbocycles. The van der Waals surface area contributed by atoms with Gasteiger partial charge in [-0.05, 0) is 41.0 Å². The van der Waals surface area contributed by atoms with Gasteiger partial charge in [-0.2, -0.15) is 5.26 Å². The zero-order valence-corrected chi connectivity index (χ0v) is 11.9. The van der Waals surface area contributed by atoms with Crippen molar-refractivity contribution < 1.29 is 0 Å². The molecule has 3 aromatic rings. The first-order chi connectivity index (χ1) is 10.3. The summed E-state index contributed by atoms with van der Waals surface area (Å²) >= 11 is 0. The number of nitrogens with zero attached hydrogens (tertiary/aromatic N) is 1. The summed E-state index contributed by atoms with van der Waals surface area (Å²) in [5.41, 5.74) is 3.96. The zero-order valence-electron chi connectivity index (χ0n) is 11.9. The molecule has 0 aromatic heterocycles. The van der Waals surface area contributed by atoms with E-state index in [1.54, 1.807) is 0 Å². The summed E-state index contributed by atoms with van der Waals surface area (Å²) in [5.74, 6) is 0. The standard InChI is InChI=1S/C19H16N2/c1-14-9-10-16(12-20)19(11-14)21-13-17-7-4-6-15-5-2-3-8-18(15)17/h2-11,21H,13H2,1H3. The second-order valence-corrected chi connectivity index (χ2v) is 5.15. The molecule has 102 valence electrons. The fraction of sp³-hybridized carbons (Fsp3) is 0.105. The summed E-state index contributed by atoms with van der Waals surface area (Å²) < 4.78 is 0. The van der Waals surface area contributed by atoms with E-state index in [1.165, 1.54) is 16.3 Å². The van der Waals surface area contributed by atoms with Crippen molar-refractivity contribution in [3.63, 3.8) is 0 Å². The van der Waals surface area contributed by atoms with Crippen LogP contribution in [-0.4, -0.2) is 0 Å². The summed E-state index contributed by atoms with van der Waals surface area (Å²) in [7, 11) is 0. The molecule has 0 saturated heterocycles. The second-order valence-electron chi connectivity index (χ2n) is 5.15. The van der Waals surface area contributed by atoms with E-state index < -0.39 is 0 Å². The summed E-state index contributed by atoms with van der Waals surface area (Å²) in [5, 5.41) is 15.1. The average Bonchev–Trinajstić information content (AvgIpc) is 2.53. The van der Waals surface area contributed by atoms with Gasteiger partial charge in [-0.3, -0.25) is 0 Å². The van der Waals surface area contributed by atoms with E-state index in [0.717, 1.165) is 11.3 Å². The van der Waals surface area contributed by atoms with Crippen LogP contribution in [0, 0.1) is 18.3 Å². The minimum absolute atomic E-state index is 0.681. The average molecular weight is 272 g/mol. The van der Waals surface area contributed by atoms with Gasteiger partial charge in [0.05, 0.1) is 11.3 Å². The molecule has 0 spiro atoms. The van der Waals surface area contributed by atoms with Gasteiger partial charge < -0.3 is 5.32 Å². The molecule has 0 aliphatic heterocycles. The molecule has 3 aromatic carbocycles. The maximum absolute atomic E-state index is 9.19. The van der Waals surface area contributed by atoms with Gasteiger partial charge in [-0.1, -0.05) is 48.5 Å². The SMILES string of the molecule is Cc1ccc(C#N)c(NCc2cccc3ccccc23)c1. The molecule has 0 fully saturated rings. The minimum Gasteiger partial charge on any atom is -0.380 e. The van der Waals surface area contributed by atoms with Crippen molar-refractivity contribution >= 4 is 16.5 Å². The van der Waals surface area contributed by atoms with Crippen LogP contribution in [0.2, 0.25) is 0 Å². The van der Waals surface area contributed by atoms with Crippen molar-refractivity contribution in [2.45, 2.75) is 13.5 Å². The van der Waals surface area contributed by atoms with Gasteiger partial charge in [0.2, 0.25) is 0 Å². The third-order valence-electron chi connectivity index (χ3n) is 3.64. The van der Waals surface area contributed by atoms with Crippen molar-refractivity contribution in [2.24, 2.45) is 0 Å². The largest absolute Gasteiger partial charge is 0.380 e. The van der Waals surface area contributed by atoms with Crippen LogP contribution in [0.25, 0.3) is 10.8 Å². The Balaban J connectivity index is 1.91. The minimum atomic E-state index is 0.681. The van der Waals surface area contributed by atoms with Gasteiger partial charge in [0, 0.05) is 6.54 Å². The predicted octanol–water partition coefficient (Wildman–Crippen LogP) is 4.63. The van der Waals surface area contributed by atoms with E-state index in [4.69, 9.17) is 0 Å². The lowest BCUT2D eigenvalue weighted by Crippen LogP contribution is -2.02. The van der Waals surface area contributed by atoms with Crippen LogP contribution in [0.3, 0.4) is 0 Å². The number of nitriles is 1. The number of hydrogen-bond donors (Lipinski definition) is 1. The highest BCUT2D eigenvalue weighted by molar-refractivity contribution is 5.85. The Labute approximate surface area is 124 Å². The Kier molecular flexibility index (Phi) is 3.57. The van der Waals surface area contributed by atoms with E-state index >= 15 is 0 Å². The number of hydrogen-bond acceptors (Lipinski definition) is 2. The number of rotatable bonds is 3. The number of anilines is 1. The molecule has 0 heterocycles. The molecule has 0 unspecified atom stereocenters. The van der Waals surface area contributed by atoms with Gasteiger partial charge in [0.15, 0.2) is 0 Å². The third kappa shape index (κ3) is 2.73. The first-order valence-electron chi connectivity index (χ1n) is 6.99. The van der Waals surface area contributed by atoms with E-state index in [1.807, 2.05) is 31.2 Å². The van der Waals surface area contributed by atoms with Gasteiger partial charge in [-0.15, -0.1) is 0 Å². The van der Waals surface area contributed by atoms with Gasteiger partial charge in [0.25, 0.3) is 0 Å². The smallest absolute Gasteiger partial charge is 0.101 e. The molecule has 2 heteroatoms. The lowest BCUT2D eigenvalue weighted by molar-refractivity contribution is 1.16. The highest BCUT2D eigenvalue weighted by Crippen LogP contribution is 2.21. The Bertz CT molecular complexity index is 823. The lowest BCUT2D eigenvalue weighted by atomic mass is 10.0. The van der Waals surface area contributed by atoms with Crippen LogP contribution in [0.5, 0.6) is 0 Å². The molecule has 0 saturated carbocycles. The highest BCUT2D eigenvalue weighted by Gasteiger charge is 2.04. The molecular weight excluding hydrogens is 256 g/mol. The lowest BCUT2D eigenvalue weighted by Gasteiger charge is -2.11. The van der Waals surface area contributed by atoms with Crippen LogP contribution in [0.15, 0.2) is 60.7 Å². The molecule has 1 N–H and O–H groups in total. The molecule has 3 rings (SSSR count). The van der Waals surface area contributed by atoms with E-state index in [-0.39, 0.29) is 0 Å². The zero-order chi connectivity index (χ0) is 14.7. The van der Waals surface area contributed by atoms with Crippen molar-refractivity contribution in [2.75, 3.05) is 5.32 Å². The normalized spacial score (nSPS) is 10.3. The van der Waals surface area contributed by atoms with Crippen LogP contribution in [0.1, 0.15) is 16.7 Å². The second kappa shape index (κ2) is 5.68. The molecule has 0 aliphatic rings. The van der Waals surface area contributed by atoms with E-state index in [9.17, 15) is 5.26 Å². The van der Waals surface area contributed by atoms with E-state index in [0.29, 0.717) is 12.1 Å². The number of aryl methyl sites for hydroxylation is 1. The maximum Gasteiger partial charge on any atom is 0.101 e. The van der Waals surface area contributed by atoms with Crippen LogP contribution >= 0.6 is 0 Å². The number of benzene rings is 3. The molecule has 21 heavy (non-hydrogen) atoms. The van der Waals surface area contributed by atoms with Crippen LogP contribution < -0.4 is 5.32 Å². The molecule has 0 radical (unpaired) electrons. The van der Waals surface area contributed by atoms with Crippen molar-refractivity contribution in [1.29, 1.82) is 5.26 Å². The first kappa shape index (κ1) is 13.2. The summed E-state index contributed by atoms with van der Waals surface area (Å²) in [6.45, 7) is 2.74. The molecule has 2 nitrogen and oxygen atoms in total.